The monoisotopic (exact) mass is 324 g/mol. The Kier molecular flexibility index (Phi) is 6.39. The van der Waals surface area contributed by atoms with Gasteiger partial charge >= 0.3 is 0 Å². The molecule has 0 saturated carbocycles. The van der Waals surface area contributed by atoms with Crippen molar-refractivity contribution in [2.75, 3.05) is 26.2 Å². The van der Waals surface area contributed by atoms with Gasteiger partial charge in [0.25, 0.3) is 0 Å². The molecule has 2 heterocycles. The van der Waals surface area contributed by atoms with Crippen LogP contribution in [0, 0.1) is 6.92 Å². The molecule has 1 atom stereocenters. The third-order valence-electron chi connectivity index (χ3n) is 4.73. The number of hydrogen-bond donors (Lipinski definition) is 0. The zero-order valence-electron chi connectivity index (χ0n) is 14.7. The van der Waals surface area contributed by atoms with E-state index in [-0.39, 0.29) is 0 Å². The van der Waals surface area contributed by atoms with Crippen LogP contribution in [-0.2, 0) is 17.6 Å². The lowest BCUT2D eigenvalue weighted by Gasteiger charge is -2.33. The second-order valence-corrected chi connectivity index (χ2v) is 6.73. The number of aromatic nitrogens is 1. The number of pyridine rings is 1. The average Bonchev–Trinajstić information content (AvgIpc) is 2.63. The maximum absolute atomic E-state index is 5.96. The summed E-state index contributed by atoms with van der Waals surface area (Å²) >= 11 is 0. The molecule has 0 bridgehead atoms. The average molecular weight is 324 g/mol. The van der Waals surface area contributed by atoms with Gasteiger partial charge in [-0.3, -0.25) is 9.88 Å². The Morgan fingerprint density at radius 3 is 2.75 bits per heavy atom. The minimum absolute atomic E-state index is 0.375. The highest BCUT2D eigenvalue weighted by molar-refractivity contribution is 5.15. The first-order chi connectivity index (χ1) is 11.8. The van der Waals surface area contributed by atoms with Crippen LogP contribution in [0.2, 0.25) is 0 Å². The van der Waals surface area contributed by atoms with E-state index < -0.39 is 0 Å². The zero-order chi connectivity index (χ0) is 16.6. The van der Waals surface area contributed by atoms with Crippen molar-refractivity contribution in [2.45, 2.75) is 38.7 Å². The predicted octanol–water partition coefficient (Wildman–Crippen LogP) is 3.66. The SMILES string of the molecule is Cc1ccc(CCCN2CCOC(CCc3ccccc3)C2)cn1. The summed E-state index contributed by atoms with van der Waals surface area (Å²) in [5.41, 5.74) is 3.84. The van der Waals surface area contributed by atoms with Crippen LogP contribution in [0.3, 0.4) is 0 Å². The van der Waals surface area contributed by atoms with E-state index in [0.717, 1.165) is 51.2 Å². The highest BCUT2D eigenvalue weighted by Gasteiger charge is 2.19. The summed E-state index contributed by atoms with van der Waals surface area (Å²) in [6.45, 7) is 6.19. The van der Waals surface area contributed by atoms with Crippen LogP contribution in [0.15, 0.2) is 48.7 Å². The molecule has 1 aliphatic heterocycles. The molecule has 1 fully saturated rings. The molecule has 128 valence electrons. The van der Waals surface area contributed by atoms with Crippen molar-refractivity contribution < 1.29 is 4.74 Å². The molecule has 1 unspecified atom stereocenters. The minimum Gasteiger partial charge on any atom is -0.376 e. The molecule has 3 nitrogen and oxygen atoms in total. The van der Waals surface area contributed by atoms with Crippen LogP contribution in [0.5, 0.6) is 0 Å². The number of hydrogen-bond acceptors (Lipinski definition) is 3. The lowest BCUT2D eigenvalue weighted by molar-refractivity contribution is -0.0319. The molecule has 1 aromatic heterocycles. The summed E-state index contributed by atoms with van der Waals surface area (Å²) in [6.07, 6.45) is 6.91. The van der Waals surface area contributed by atoms with Gasteiger partial charge in [-0.1, -0.05) is 36.4 Å². The lowest BCUT2D eigenvalue weighted by Crippen LogP contribution is -2.43. The van der Waals surface area contributed by atoms with Gasteiger partial charge in [-0.25, -0.2) is 0 Å². The second-order valence-electron chi connectivity index (χ2n) is 6.73. The van der Waals surface area contributed by atoms with Gasteiger partial charge in [-0.2, -0.15) is 0 Å². The highest BCUT2D eigenvalue weighted by atomic mass is 16.5. The Morgan fingerprint density at radius 2 is 1.96 bits per heavy atom. The lowest BCUT2D eigenvalue weighted by atomic mass is 10.1. The molecule has 0 N–H and O–H groups in total. The van der Waals surface area contributed by atoms with Gasteiger partial charge < -0.3 is 4.74 Å². The van der Waals surface area contributed by atoms with E-state index in [4.69, 9.17) is 4.74 Å². The molecule has 1 aromatic carbocycles. The molecule has 0 aliphatic carbocycles. The highest BCUT2D eigenvalue weighted by Crippen LogP contribution is 2.13. The van der Waals surface area contributed by atoms with Crippen molar-refractivity contribution in [1.29, 1.82) is 0 Å². The first kappa shape index (κ1) is 17.1. The molecule has 0 radical (unpaired) electrons. The fraction of sp³-hybridized carbons (Fsp3) is 0.476. The molecule has 0 spiro atoms. The quantitative estimate of drug-likeness (QED) is 0.777. The Bertz CT molecular complexity index is 597. The maximum atomic E-state index is 5.96. The normalized spacial score (nSPS) is 18.6. The molecule has 1 aliphatic rings. The van der Waals surface area contributed by atoms with E-state index in [0.29, 0.717) is 6.10 Å². The maximum Gasteiger partial charge on any atom is 0.0705 e. The molecule has 2 aromatic rings. The van der Waals surface area contributed by atoms with Crippen molar-refractivity contribution in [3.05, 3.63) is 65.5 Å². The standard InChI is InChI=1S/C21H28N2O/c1-18-9-10-20(16-22-18)8-5-13-23-14-15-24-21(17-23)12-11-19-6-3-2-4-7-19/h2-4,6-7,9-10,16,21H,5,8,11-15,17H2,1H3. The van der Waals surface area contributed by atoms with E-state index in [1.54, 1.807) is 0 Å². The minimum atomic E-state index is 0.375. The van der Waals surface area contributed by atoms with Gasteiger partial charge in [-0.05, 0) is 56.3 Å². The second kappa shape index (κ2) is 8.95. The van der Waals surface area contributed by atoms with Gasteiger partial charge in [0.15, 0.2) is 0 Å². The Hall–Kier alpha value is -1.71. The summed E-state index contributed by atoms with van der Waals surface area (Å²) in [5, 5.41) is 0. The van der Waals surface area contributed by atoms with E-state index in [2.05, 4.69) is 52.3 Å². The fourth-order valence-corrected chi connectivity index (χ4v) is 3.28. The van der Waals surface area contributed by atoms with Gasteiger partial charge in [0, 0.05) is 25.0 Å². The van der Waals surface area contributed by atoms with Crippen molar-refractivity contribution in [2.24, 2.45) is 0 Å². The van der Waals surface area contributed by atoms with E-state index in [1.807, 2.05) is 13.1 Å². The van der Waals surface area contributed by atoms with Crippen molar-refractivity contribution >= 4 is 0 Å². The van der Waals surface area contributed by atoms with Crippen LogP contribution in [0.1, 0.15) is 29.7 Å². The molecule has 3 heteroatoms. The zero-order valence-corrected chi connectivity index (χ0v) is 14.7. The van der Waals surface area contributed by atoms with Crippen LogP contribution < -0.4 is 0 Å². The van der Waals surface area contributed by atoms with E-state index in [1.165, 1.54) is 17.5 Å². The number of rotatable bonds is 7. The number of aryl methyl sites for hydroxylation is 3. The molecular weight excluding hydrogens is 296 g/mol. The first-order valence-electron chi connectivity index (χ1n) is 9.09. The summed E-state index contributed by atoms with van der Waals surface area (Å²) in [4.78, 5) is 6.93. The molecular formula is C21H28N2O. The molecule has 24 heavy (non-hydrogen) atoms. The largest absolute Gasteiger partial charge is 0.376 e. The van der Waals surface area contributed by atoms with Crippen molar-refractivity contribution in [1.82, 2.24) is 9.88 Å². The smallest absolute Gasteiger partial charge is 0.0705 e. The van der Waals surface area contributed by atoms with Gasteiger partial charge in [0.1, 0.15) is 0 Å². The van der Waals surface area contributed by atoms with Crippen LogP contribution >= 0.6 is 0 Å². The number of ether oxygens (including phenoxy) is 1. The Labute approximate surface area is 145 Å². The summed E-state index contributed by atoms with van der Waals surface area (Å²) in [7, 11) is 0. The fourth-order valence-electron chi connectivity index (χ4n) is 3.28. The van der Waals surface area contributed by atoms with Crippen LogP contribution in [0.25, 0.3) is 0 Å². The van der Waals surface area contributed by atoms with Crippen LogP contribution in [-0.4, -0.2) is 42.2 Å². The van der Waals surface area contributed by atoms with Crippen molar-refractivity contribution in [3.63, 3.8) is 0 Å². The van der Waals surface area contributed by atoms with E-state index in [9.17, 15) is 0 Å². The number of nitrogens with zero attached hydrogens (tertiary/aromatic N) is 2. The van der Waals surface area contributed by atoms with Crippen LogP contribution in [0.4, 0.5) is 0 Å². The third-order valence-corrected chi connectivity index (χ3v) is 4.73. The van der Waals surface area contributed by atoms with E-state index >= 15 is 0 Å². The summed E-state index contributed by atoms with van der Waals surface area (Å²) < 4.78 is 5.96. The van der Waals surface area contributed by atoms with Gasteiger partial charge in [0.05, 0.1) is 12.7 Å². The summed E-state index contributed by atoms with van der Waals surface area (Å²) in [5.74, 6) is 0. The first-order valence-corrected chi connectivity index (χ1v) is 9.09. The number of benzene rings is 1. The van der Waals surface area contributed by atoms with Gasteiger partial charge in [0.2, 0.25) is 0 Å². The number of morpholine rings is 1. The molecule has 0 amide bonds. The Balaban J connectivity index is 1.38. The predicted molar refractivity (Wildman–Crippen MR) is 98.2 cm³/mol. The Morgan fingerprint density at radius 1 is 1.08 bits per heavy atom. The molecule has 1 saturated heterocycles. The van der Waals surface area contributed by atoms with Gasteiger partial charge in [-0.15, -0.1) is 0 Å². The summed E-state index contributed by atoms with van der Waals surface area (Å²) in [6, 6.07) is 15.0. The third kappa shape index (κ3) is 5.43. The molecule has 3 rings (SSSR count). The topological polar surface area (TPSA) is 25.4 Å². The van der Waals surface area contributed by atoms with Crippen molar-refractivity contribution in [3.8, 4) is 0 Å².